The minimum absolute atomic E-state index is 0.0196. The molecule has 2 aromatic rings. The molecule has 2 unspecified atom stereocenters. The van der Waals surface area contributed by atoms with Crippen LogP contribution in [0, 0.1) is 0 Å². The molecule has 1 aromatic carbocycles. The zero-order valence-corrected chi connectivity index (χ0v) is 11.5. The SMILES string of the molecule is CNC1COCC1c1nc2ccccc2n1CC(F)(F)F. The summed E-state index contributed by atoms with van der Waals surface area (Å²) in [7, 11) is 1.78. The third kappa shape index (κ3) is 2.75. The van der Waals surface area contributed by atoms with Crippen LogP contribution in [0.1, 0.15) is 11.7 Å². The van der Waals surface area contributed by atoms with E-state index in [0.29, 0.717) is 30.1 Å². The Labute approximate surface area is 119 Å². The Balaban J connectivity index is 2.10. The Bertz CT molecular complexity index is 638. The summed E-state index contributed by atoms with van der Waals surface area (Å²) in [6, 6.07) is 6.88. The third-order valence-corrected chi connectivity index (χ3v) is 3.80. The van der Waals surface area contributed by atoms with Crippen LogP contribution in [0.25, 0.3) is 11.0 Å². The molecule has 2 atom stereocenters. The van der Waals surface area contributed by atoms with Crippen LogP contribution in [0.5, 0.6) is 0 Å². The molecule has 0 amide bonds. The summed E-state index contributed by atoms with van der Waals surface area (Å²) < 4.78 is 45.4. The second kappa shape index (κ2) is 5.31. The molecule has 1 fully saturated rings. The summed E-state index contributed by atoms with van der Waals surface area (Å²) in [5.74, 6) is 0.259. The molecule has 114 valence electrons. The Morgan fingerprint density at radius 3 is 2.81 bits per heavy atom. The fraction of sp³-hybridized carbons (Fsp3) is 0.500. The van der Waals surface area contributed by atoms with Gasteiger partial charge in [0.2, 0.25) is 0 Å². The van der Waals surface area contributed by atoms with Crippen LogP contribution in [0.15, 0.2) is 24.3 Å². The number of ether oxygens (including phenoxy) is 1. The number of nitrogens with zero attached hydrogens (tertiary/aromatic N) is 2. The number of fused-ring (bicyclic) bond motifs is 1. The quantitative estimate of drug-likeness (QED) is 0.945. The molecule has 4 nitrogen and oxygen atoms in total. The van der Waals surface area contributed by atoms with Gasteiger partial charge in [0.05, 0.1) is 30.2 Å². The van der Waals surface area contributed by atoms with Crippen molar-refractivity contribution in [3.63, 3.8) is 0 Å². The molecule has 0 spiro atoms. The van der Waals surface area contributed by atoms with Gasteiger partial charge in [-0.25, -0.2) is 4.98 Å². The van der Waals surface area contributed by atoms with Gasteiger partial charge in [-0.15, -0.1) is 0 Å². The van der Waals surface area contributed by atoms with Gasteiger partial charge in [0.25, 0.3) is 0 Å². The van der Waals surface area contributed by atoms with Gasteiger partial charge in [-0.05, 0) is 19.2 Å². The smallest absolute Gasteiger partial charge is 0.379 e. The molecule has 0 radical (unpaired) electrons. The largest absolute Gasteiger partial charge is 0.406 e. The number of likely N-dealkylation sites (N-methyl/N-ethyl adjacent to an activating group) is 1. The first-order valence-electron chi connectivity index (χ1n) is 6.76. The van der Waals surface area contributed by atoms with E-state index in [9.17, 15) is 13.2 Å². The number of hydrogen-bond acceptors (Lipinski definition) is 3. The van der Waals surface area contributed by atoms with Gasteiger partial charge >= 0.3 is 6.18 Å². The highest BCUT2D eigenvalue weighted by atomic mass is 19.4. The van der Waals surface area contributed by atoms with Crippen molar-refractivity contribution in [1.82, 2.24) is 14.9 Å². The Morgan fingerprint density at radius 2 is 2.10 bits per heavy atom. The molecule has 0 aliphatic carbocycles. The van der Waals surface area contributed by atoms with Gasteiger partial charge < -0.3 is 14.6 Å². The molecular weight excluding hydrogens is 283 g/mol. The number of alkyl halides is 3. The van der Waals surface area contributed by atoms with E-state index < -0.39 is 12.7 Å². The number of rotatable bonds is 3. The lowest BCUT2D eigenvalue weighted by atomic mass is 10.0. The number of para-hydroxylation sites is 2. The first-order chi connectivity index (χ1) is 9.99. The van der Waals surface area contributed by atoms with E-state index >= 15 is 0 Å². The van der Waals surface area contributed by atoms with E-state index in [0.717, 1.165) is 0 Å². The van der Waals surface area contributed by atoms with E-state index in [4.69, 9.17) is 4.74 Å². The standard InChI is InChI=1S/C14H16F3N3O/c1-18-11-7-21-6-9(11)13-19-10-4-2-3-5-12(10)20(13)8-14(15,16)17/h2-5,9,11,18H,6-8H2,1H3. The number of hydrogen-bond donors (Lipinski definition) is 1. The van der Waals surface area contributed by atoms with Crippen LogP contribution < -0.4 is 5.32 Å². The maximum atomic E-state index is 12.9. The number of aromatic nitrogens is 2. The summed E-state index contributed by atoms with van der Waals surface area (Å²) in [4.78, 5) is 4.42. The minimum Gasteiger partial charge on any atom is -0.379 e. The fourth-order valence-corrected chi connectivity index (χ4v) is 2.82. The molecular formula is C14H16F3N3O. The number of imidazole rings is 1. The van der Waals surface area contributed by atoms with Crippen molar-refractivity contribution >= 4 is 11.0 Å². The average Bonchev–Trinajstić information content (AvgIpc) is 3.01. The van der Waals surface area contributed by atoms with Crippen LogP contribution in [0.2, 0.25) is 0 Å². The lowest BCUT2D eigenvalue weighted by Gasteiger charge is -2.19. The molecule has 1 aliphatic heterocycles. The van der Waals surface area contributed by atoms with Crippen LogP contribution in [0.3, 0.4) is 0 Å². The van der Waals surface area contributed by atoms with Crippen LogP contribution in [0.4, 0.5) is 13.2 Å². The van der Waals surface area contributed by atoms with Gasteiger partial charge in [-0.1, -0.05) is 12.1 Å². The number of nitrogens with one attached hydrogen (secondary N) is 1. The molecule has 1 saturated heterocycles. The van der Waals surface area contributed by atoms with Crippen LogP contribution >= 0.6 is 0 Å². The predicted molar refractivity (Wildman–Crippen MR) is 72.2 cm³/mol. The summed E-state index contributed by atoms with van der Waals surface area (Å²) >= 11 is 0. The zero-order chi connectivity index (χ0) is 15.0. The van der Waals surface area contributed by atoms with Crippen molar-refractivity contribution < 1.29 is 17.9 Å². The minimum atomic E-state index is -4.28. The van der Waals surface area contributed by atoms with Crippen molar-refractivity contribution in [2.75, 3.05) is 20.3 Å². The Morgan fingerprint density at radius 1 is 1.33 bits per heavy atom. The molecule has 7 heteroatoms. The normalized spacial score (nSPS) is 23.0. The van der Waals surface area contributed by atoms with Crippen LogP contribution in [-0.2, 0) is 11.3 Å². The van der Waals surface area contributed by atoms with Crippen molar-refractivity contribution in [3.8, 4) is 0 Å². The molecule has 0 saturated carbocycles. The predicted octanol–water partition coefficient (Wildman–Crippen LogP) is 2.30. The summed E-state index contributed by atoms with van der Waals surface area (Å²) in [6.45, 7) is -0.168. The van der Waals surface area contributed by atoms with Crippen molar-refractivity contribution in [1.29, 1.82) is 0 Å². The first-order valence-corrected chi connectivity index (χ1v) is 6.76. The highest BCUT2D eigenvalue weighted by molar-refractivity contribution is 5.76. The van der Waals surface area contributed by atoms with Gasteiger partial charge in [0.15, 0.2) is 0 Å². The van der Waals surface area contributed by atoms with E-state index in [2.05, 4.69) is 10.3 Å². The highest BCUT2D eigenvalue weighted by Crippen LogP contribution is 2.31. The monoisotopic (exact) mass is 299 g/mol. The molecule has 1 N–H and O–H groups in total. The van der Waals surface area contributed by atoms with Crippen molar-refractivity contribution in [2.24, 2.45) is 0 Å². The van der Waals surface area contributed by atoms with E-state index in [1.165, 1.54) is 4.57 Å². The molecule has 2 heterocycles. The Hall–Kier alpha value is -1.60. The van der Waals surface area contributed by atoms with Gasteiger partial charge in [0, 0.05) is 6.04 Å². The second-order valence-electron chi connectivity index (χ2n) is 5.20. The van der Waals surface area contributed by atoms with E-state index in [1.807, 2.05) is 0 Å². The highest BCUT2D eigenvalue weighted by Gasteiger charge is 2.36. The molecule has 1 aliphatic rings. The molecule has 3 rings (SSSR count). The van der Waals surface area contributed by atoms with Crippen LogP contribution in [-0.4, -0.2) is 42.0 Å². The Kier molecular flexibility index (Phi) is 3.62. The van der Waals surface area contributed by atoms with Crippen molar-refractivity contribution in [2.45, 2.75) is 24.7 Å². The van der Waals surface area contributed by atoms with Gasteiger partial charge in [-0.3, -0.25) is 0 Å². The molecule has 0 bridgehead atoms. The fourth-order valence-electron chi connectivity index (χ4n) is 2.82. The van der Waals surface area contributed by atoms with Gasteiger partial charge in [0.1, 0.15) is 12.4 Å². The topological polar surface area (TPSA) is 39.1 Å². The summed E-state index contributed by atoms with van der Waals surface area (Å²) in [5, 5.41) is 3.09. The second-order valence-corrected chi connectivity index (χ2v) is 5.20. The van der Waals surface area contributed by atoms with E-state index in [-0.39, 0.29) is 12.0 Å². The van der Waals surface area contributed by atoms with Gasteiger partial charge in [-0.2, -0.15) is 13.2 Å². The summed E-state index contributed by atoms with van der Waals surface area (Å²) in [6.07, 6.45) is -4.28. The maximum absolute atomic E-state index is 12.9. The number of halogens is 3. The van der Waals surface area contributed by atoms with Crippen molar-refractivity contribution in [3.05, 3.63) is 30.1 Å². The third-order valence-electron chi connectivity index (χ3n) is 3.80. The molecule has 21 heavy (non-hydrogen) atoms. The number of benzene rings is 1. The maximum Gasteiger partial charge on any atom is 0.406 e. The first kappa shape index (κ1) is 14.3. The molecule has 1 aromatic heterocycles. The average molecular weight is 299 g/mol. The summed E-state index contributed by atoms with van der Waals surface area (Å²) in [5.41, 5.74) is 1.09. The lowest BCUT2D eigenvalue weighted by Crippen LogP contribution is -2.33. The lowest BCUT2D eigenvalue weighted by molar-refractivity contribution is -0.140. The van der Waals surface area contributed by atoms with E-state index in [1.54, 1.807) is 31.3 Å². The zero-order valence-electron chi connectivity index (χ0n) is 11.5.